The van der Waals surface area contributed by atoms with E-state index in [1.807, 2.05) is 44.2 Å². The molecule has 0 fully saturated rings. The normalized spacial score (nSPS) is 18.1. The molecular formula is C23H25NO4. The van der Waals surface area contributed by atoms with E-state index in [2.05, 4.69) is 6.58 Å². The first kappa shape index (κ1) is 19.8. The number of hydrogen-bond acceptors (Lipinski definition) is 4. The van der Waals surface area contributed by atoms with Crippen LogP contribution in [0.5, 0.6) is 5.75 Å². The lowest BCUT2D eigenvalue weighted by molar-refractivity contribution is -0.141. The number of carbonyl (C=O) groups is 2. The molecule has 1 aliphatic heterocycles. The Morgan fingerprint density at radius 2 is 2.00 bits per heavy atom. The molecule has 146 valence electrons. The van der Waals surface area contributed by atoms with Gasteiger partial charge < -0.3 is 14.7 Å². The highest BCUT2D eigenvalue weighted by Crippen LogP contribution is 2.46. The number of rotatable bonds is 7. The largest absolute Gasteiger partial charge is 0.489 e. The zero-order valence-corrected chi connectivity index (χ0v) is 16.5. The van der Waals surface area contributed by atoms with Crippen molar-refractivity contribution in [2.45, 2.75) is 39.3 Å². The molecule has 1 aliphatic rings. The Hall–Kier alpha value is -2.92. The van der Waals surface area contributed by atoms with Crippen LogP contribution in [-0.4, -0.2) is 23.4 Å². The number of amides is 1. The maximum atomic E-state index is 13.3. The van der Waals surface area contributed by atoms with Gasteiger partial charge in [0.1, 0.15) is 18.1 Å². The van der Waals surface area contributed by atoms with E-state index in [1.54, 1.807) is 17.0 Å². The molecule has 0 spiro atoms. The summed E-state index contributed by atoms with van der Waals surface area (Å²) in [5.74, 6) is -0.0639. The van der Waals surface area contributed by atoms with Gasteiger partial charge in [0.2, 0.25) is 0 Å². The van der Waals surface area contributed by atoms with E-state index in [0.29, 0.717) is 23.6 Å². The van der Waals surface area contributed by atoms with Gasteiger partial charge in [0.15, 0.2) is 5.60 Å². The summed E-state index contributed by atoms with van der Waals surface area (Å²) in [4.78, 5) is 26.6. The van der Waals surface area contributed by atoms with Crippen molar-refractivity contribution in [2.24, 2.45) is 0 Å². The van der Waals surface area contributed by atoms with Gasteiger partial charge >= 0.3 is 0 Å². The van der Waals surface area contributed by atoms with Crippen molar-refractivity contribution in [2.75, 3.05) is 11.5 Å². The summed E-state index contributed by atoms with van der Waals surface area (Å²) in [5, 5.41) is 11.2. The third kappa shape index (κ3) is 3.45. The molecule has 1 N–H and O–H groups in total. The highest BCUT2D eigenvalue weighted by molar-refractivity contribution is 6.09. The molecule has 0 saturated heterocycles. The summed E-state index contributed by atoms with van der Waals surface area (Å²) in [5.41, 5.74) is 1.95. The minimum Gasteiger partial charge on any atom is -0.489 e. The Kier molecular flexibility index (Phi) is 5.38. The van der Waals surface area contributed by atoms with Gasteiger partial charge in [0, 0.05) is 17.5 Å². The Morgan fingerprint density at radius 3 is 2.68 bits per heavy atom. The number of fused-ring (bicyclic) bond motifs is 1. The lowest BCUT2D eigenvalue weighted by atomic mass is 9.88. The van der Waals surface area contributed by atoms with Crippen molar-refractivity contribution in [1.29, 1.82) is 0 Å². The molecule has 28 heavy (non-hydrogen) atoms. The van der Waals surface area contributed by atoms with Crippen LogP contribution >= 0.6 is 0 Å². The Bertz CT molecular complexity index is 950. The minimum atomic E-state index is -1.84. The van der Waals surface area contributed by atoms with Crippen molar-refractivity contribution in [3.8, 4) is 5.75 Å². The zero-order valence-electron chi connectivity index (χ0n) is 16.5. The molecule has 3 rings (SSSR count). The first-order valence-corrected chi connectivity index (χ1v) is 9.25. The second kappa shape index (κ2) is 7.60. The number of aryl methyl sites for hydroxylation is 2. The summed E-state index contributed by atoms with van der Waals surface area (Å²) in [6.07, 6.45) is 1.42. The van der Waals surface area contributed by atoms with Gasteiger partial charge in [0.25, 0.3) is 5.91 Å². The molecule has 2 aromatic rings. The molecule has 1 heterocycles. The zero-order chi connectivity index (χ0) is 20.5. The summed E-state index contributed by atoms with van der Waals surface area (Å²) >= 11 is 0. The first-order chi connectivity index (χ1) is 13.3. The lowest BCUT2D eigenvalue weighted by Gasteiger charge is -2.23. The van der Waals surface area contributed by atoms with Gasteiger partial charge in [-0.05, 0) is 32.4 Å². The predicted molar refractivity (Wildman–Crippen MR) is 108 cm³/mol. The van der Waals surface area contributed by atoms with Crippen LogP contribution in [0.2, 0.25) is 0 Å². The van der Waals surface area contributed by atoms with E-state index in [9.17, 15) is 14.7 Å². The summed E-state index contributed by atoms with van der Waals surface area (Å²) in [6, 6.07) is 11.2. The fourth-order valence-corrected chi connectivity index (χ4v) is 3.85. The number of anilines is 1. The van der Waals surface area contributed by atoms with Crippen LogP contribution in [0, 0.1) is 13.8 Å². The summed E-state index contributed by atoms with van der Waals surface area (Å²) < 4.78 is 5.71. The average molecular weight is 379 g/mol. The molecule has 0 saturated carbocycles. The molecule has 5 nitrogen and oxygen atoms in total. The van der Waals surface area contributed by atoms with E-state index in [4.69, 9.17) is 4.74 Å². The fraction of sp³-hybridized carbons (Fsp3) is 0.304. The molecule has 1 atom stereocenters. The predicted octanol–water partition coefficient (Wildman–Crippen LogP) is 3.58. The third-order valence-electron chi connectivity index (χ3n) is 4.92. The second-order valence-electron chi connectivity index (χ2n) is 7.32. The molecule has 0 radical (unpaired) electrons. The number of para-hydroxylation sites is 1. The minimum absolute atomic E-state index is 0.238. The van der Waals surface area contributed by atoms with Crippen molar-refractivity contribution in [3.63, 3.8) is 0 Å². The van der Waals surface area contributed by atoms with Crippen LogP contribution in [0.1, 0.15) is 35.6 Å². The second-order valence-corrected chi connectivity index (χ2v) is 7.32. The van der Waals surface area contributed by atoms with E-state index in [0.717, 1.165) is 16.7 Å². The van der Waals surface area contributed by atoms with Crippen LogP contribution in [0.4, 0.5) is 5.69 Å². The molecule has 2 aromatic carbocycles. The van der Waals surface area contributed by atoms with Crippen LogP contribution in [0.15, 0.2) is 49.1 Å². The van der Waals surface area contributed by atoms with Gasteiger partial charge in [-0.2, -0.15) is 0 Å². The van der Waals surface area contributed by atoms with Crippen LogP contribution in [0.25, 0.3) is 0 Å². The van der Waals surface area contributed by atoms with E-state index in [-0.39, 0.29) is 18.7 Å². The van der Waals surface area contributed by atoms with Gasteiger partial charge in [-0.1, -0.05) is 48.6 Å². The van der Waals surface area contributed by atoms with Gasteiger partial charge in [0.05, 0.1) is 12.2 Å². The van der Waals surface area contributed by atoms with Crippen molar-refractivity contribution in [3.05, 3.63) is 71.3 Å². The van der Waals surface area contributed by atoms with Crippen LogP contribution in [-0.2, 0) is 21.7 Å². The highest BCUT2D eigenvalue weighted by atomic mass is 16.5. The SMILES string of the molecule is C=CCOc1ccccc1CN1C(=O)[C@@](O)(CC(C)=O)c2cc(C)cc(C)c21. The number of nitrogens with zero attached hydrogens (tertiary/aromatic N) is 1. The maximum absolute atomic E-state index is 13.3. The standard InChI is InChI=1S/C23H25NO4/c1-5-10-28-20-9-7-6-8-18(20)14-24-21-16(3)11-15(2)12-19(21)23(27,22(24)26)13-17(4)25/h5-9,11-12,27H,1,10,13-14H2,2-4H3/t23-/m1/s1. The Balaban J connectivity index is 2.08. The lowest BCUT2D eigenvalue weighted by Crippen LogP contribution is -2.41. The van der Waals surface area contributed by atoms with Crippen LogP contribution < -0.4 is 9.64 Å². The number of carbonyl (C=O) groups excluding carboxylic acids is 2. The highest BCUT2D eigenvalue weighted by Gasteiger charge is 2.51. The van der Waals surface area contributed by atoms with E-state index < -0.39 is 11.5 Å². The quantitative estimate of drug-likeness (QED) is 0.747. The van der Waals surface area contributed by atoms with Crippen LogP contribution in [0.3, 0.4) is 0 Å². The van der Waals surface area contributed by atoms with Crippen molar-refractivity contribution in [1.82, 2.24) is 0 Å². The van der Waals surface area contributed by atoms with Crippen molar-refractivity contribution >= 4 is 17.4 Å². The molecule has 0 bridgehead atoms. The van der Waals surface area contributed by atoms with Gasteiger partial charge in [-0.25, -0.2) is 0 Å². The number of aliphatic hydroxyl groups is 1. The third-order valence-corrected chi connectivity index (χ3v) is 4.92. The number of benzene rings is 2. The monoisotopic (exact) mass is 379 g/mol. The number of ketones is 1. The molecule has 1 amide bonds. The van der Waals surface area contributed by atoms with Gasteiger partial charge in [-0.3, -0.25) is 9.59 Å². The first-order valence-electron chi connectivity index (χ1n) is 9.25. The number of ether oxygens (including phenoxy) is 1. The van der Waals surface area contributed by atoms with Crippen molar-refractivity contribution < 1.29 is 19.4 Å². The average Bonchev–Trinajstić information content (AvgIpc) is 2.82. The molecular weight excluding hydrogens is 354 g/mol. The van der Waals surface area contributed by atoms with Gasteiger partial charge in [-0.15, -0.1) is 0 Å². The Labute approximate surface area is 165 Å². The molecule has 0 aliphatic carbocycles. The van der Waals surface area contributed by atoms with E-state index in [1.165, 1.54) is 6.92 Å². The fourth-order valence-electron chi connectivity index (χ4n) is 3.85. The summed E-state index contributed by atoms with van der Waals surface area (Å²) in [6.45, 7) is 9.46. The summed E-state index contributed by atoms with van der Waals surface area (Å²) in [7, 11) is 0. The maximum Gasteiger partial charge on any atom is 0.264 e. The molecule has 5 heteroatoms. The molecule has 0 unspecified atom stereocenters. The molecule has 0 aromatic heterocycles. The number of hydrogen-bond donors (Lipinski definition) is 1. The number of Topliss-reactive ketones (excluding diaryl/α,β-unsaturated/α-hetero) is 1. The topological polar surface area (TPSA) is 66.8 Å². The smallest absolute Gasteiger partial charge is 0.264 e. The van der Waals surface area contributed by atoms with E-state index >= 15 is 0 Å². The Morgan fingerprint density at radius 1 is 1.29 bits per heavy atom.